The van der Waals surface area contributed by atoms with E-state index in [-0.39, 0.29) is 5.91 Å². The molecule has 1 fully saturated rings. The van der Waals surface area contributed by atoms with E-state index < -0.39 is 0 Å². The number of halogens is 1. The molecule has 2 aromatic rings. The van der Waals surface area contributed by atoms with E-state index in [1.54, 1.807) is 6.08 Å². The Morgan fingerprint density at radius 3 is 2.38 bits per heavy atom. The molecule has 1 heterocycles. The molecule has 124 valence electrons. The van der Waals surface area contributed by atoms with Crippen LogP contribution in [0.1, 0.15) is 24.0 Å². The van der Waals surface area contributed by atoms with E-state index in [1.165, 1.54) is 5.56 Å². The lowest BCUT2D eigenvalue weighted by Gasteiger charge is -2.31. The topological polar surface area (TPSA) is 20.3 Å². The molecule has 0 saturated carbocycles. The second kappa shape index (κ2) is 8.29. The third-order valence-corrected chi connectivity index (χ3v) is 5.11. The van der Waals surface area contributed by atoms with Gasteiger partial charge in [0.2, 0.25) is 5.91 Å². The van der Waals surface area contributed by atoms with Gasteiger partial charge in [0.05, 0.1) is 0 Å². The Balaban J connectivity index is 1.49. The number of hydrogen-bond donors (Lipinski definition) is 0. The fraction of sp³-hybridized carbons (Fsp3) is 0.286. The van der Waals surface area contributed by atoms with E-state index in [2.05, 4.69) is 46.3 Å². The fourth-order valence-electron chi connectivity index (χ4n) is 3.15. The predicted octanol–water partition coefficient (Wildman–Crippen LogP) is 4.94. The molecule has 0 aliphatic carbocycles. The van der Waals surface area contributed by atoms with Gasteiger partial charge in [-0.25, -0.2) is 0 Å². The highest BCUT2D eigenvalue weighted by Gasteiger charge is 2.21. The van der Waals surface area contributed by atoms with E-state index in [0.717, 1.165) is 42.4 Å². The Bertz CT molecular complexity index is 686. The summed E-state index contributed by atoms with van der Waals surface area (Å²) in [6.45, 7) is 1.72. The van der Waals surface area contributed by atoms with Crippen molar-refractivity contribution in [1.29, 1.82) is 0 Å². The minimum absolute atomic E-state index is 0.121. The molecule has 24 heavy (non-hydrogen) atoms. The van der Waals surface area contributed by atoms with Crippen LogP contribution in [0.3, 0.4) is 0 Å². The normalized spacial score (nSPS) is 15.8. The smallest absolute Gasteiger partial charge is 0.246 e. The molecule has 0 unspecified atom stereocenters. The standard InChI is InChI=1S/C21H22BrNO/c22-20-9-6-17(7-10-20)8-11-21(24)23-14-12-19(13-15-23)16-18-4-2-1-3-5-18/h1-11,19H,12-16H2. The molecule has 1 saturated heterocycles. The van der Waals surface area contributed by atoms with Gasteiger partial charge in [-0.05, 0) is 54.5 Å². The highest BCUT2D eigenvalue weighted by Crippen LogP contribution is 2.22. The molecular formula is C21H22BrNO. The molecule has 0 N–H and O–H groups in total. The van der Waals surface area contributed by atoms with E-state index in [1.807, 2.05) is 35.2 Å². The Morgan fingerprint density at radius 1 is 1.04 bits per heavy atom. The zero-order valence-corrected chi connectivity index (χ0v) is 15.3. The van der Waals surface area contributed by atoms with Gasteiger partial charge in [-0.15, -0.1) is 0 Å². The van der Waals surface area contributed by atoms with Gasteiger partial charge in [-0.1, -0.05) is 58.4 Å². The lowest BCUT2D eigenvalue weighted by Crippen LogP contribution is -2.37. The van der Waals surface area contributed by atoms with Crippen LogP contribution in [0.5, 0.6) is 0 Å². The van der Waals surface area contributed by atoms with Gasteiger partial charge >= 0.3 is 0 Å². The van der Waals surface area contributed by atoms with Crippen molar-refractivity contribution in [3.05, 3.63) is 76.3 Å². The van der Waals surface area contributed by atoms with Crippen LogP contribution < -0.4 is 0 Å². The van der Waals surface area contributed by atoms with Gasteiger partial charge in [-0.3, -0.25) is 4.79 Å². The van der Waals surface area contributed by atoms with Crippen LogP contribution in [0.15, 0.2) is 65.1 Å². The molecule has 2 nitrogen and oxygen atoms in total. The highest BCUT2D eigenvalue weighted by atomic mass is 79.9. The fourth-order valence-corrected chi connectivity index (χ4v) is 3.42. The summed E-state index contributed by atoms with van der Waals surface area (Å²) in [5, 5.41) is 0. The molecule has 3 heteroatoms. The monoisotopic (exact) mass is 383 g/mol. The van der Waals surface area contributed by atoms with Crippen LogP contribution in [-0.4, -0.2) is 23.9 Å². The Kier molecular flexibility index (Phi) is 5.86. The summed E-state index contributed by atoms with van der Waals surface area (Å²) in [7, 11) is 0. The summed E-state index contributed by atoms with van der Waals surface area (Å²) >= 11 is 3.42. The molecule has 0 radical (unpaired) electrons. The second-order valence-electron chi connectivity index (χ2n) is 6.34. The molecule has 1 aliphatic heterocycles. The minimum Gasteiger partial charge on any atom is -0.339 e. The van der Waals surface area contributed by atoms with E-state index in [4.69, 9.17) is 0 Å². The first-order valence-electron chi connectivity index (χ1n) is 8.47. The number of hydrogen-bond acceptors (Lipinski definition) is 1. The number of piperidine rings is 1. The van der Waals surface area contributed by atoms with E-state index >= 15 is 0 Å². The van der Waals surface area contributed by atoms with Crippen molar-refractivity contribution in [2.45, 2.75) is 19.3 Å². The van der Waals surface area contributed by atoms with Gasteiger partial charge < -0.3 is 4.90 Å². The van der Waals surface area contributed by atoms with Crippen molar-refractivity contribution in [1.82, 2.24) is 4.90 Å². The number of amides is 1. The quantitative estimate of drug-likeness (QED) is 0.684. The molecule has 3 rings (SSSR count). The Hall–Kier alpha value is -1.87. The van der Waals surface area contributed by atoms with Crippen LogP contribution in [-0.2, 0) is 11.2 Å². The maximum Gasteiger partial charge on any atom is 0.246 e. The van der Waals surface area contributed by atoms with Crippen LogP contribution in [0, 0.1) is 5.92 Å². The maximum atomic E-state index is 12.3. The minimum atomic E-state index is 0.121. The predicted molar refractivity (Wildman–Crippen MR) is 103 cm³/mol. The molecule has 1 amide bonds. The second-order valence-corrected chi connectivity index (χ2v) is 7.26. The largest absolute Gasteiger partial charge is 0.339 e. The average molecular weight is 384 g/mol. The first-order chi connectivity index (χ1) is 11.7. The zero-order valence-electron chi connectivity index (χ0n) is 13.7. The number of carbonyl (C=O) groups is 1. The van der Waals surface area contributed by atoms with Crippen LogP contribution in [0.4, 0.5) is 0 Å². The van der Waals surface area contributed by atoms with Crippen molar-refractivity contribution >= 4 is 27.9 Å². The summed E-state index contributed by atoms with van der Waals surface area (Å²) in [4.78, 5) is 14.3. The zero-order chi connectivity index (χ0) is 16.8. The lowest BCUT2D eigenvalue weighted by atomic mass is 9.90. The molecule has 0 aromatic heterocycles. The molecule has 2 aromatic carbocycles. The molecule has 0 atom stereocenters. The average Bonchev–Trinajstić information content (AvgIpc) is 2.62. The SMILES string of the molecule is O=C(C=Cc1ccc(Br)cc1)N1CCC(Cc2ccccc2)CC1. The van der Waals surface area contributed by atoms with Gasteiger partial charge in [0, 0.05) is 23.6 Å². The summed E-state index contributed by atoms with van der Waals surface area (Å²) < 4.78 is 1.05. The third kappa shape index (κ3) is 4.81. The molecular weight excluding hydrogens is 362 g/mol. The van der Waals surface area contributed by atoms with Gasteiger partial charge in [0.25, 0.3) is 0 Å². The summed E-state index contributed by atoms with van der Waals surface area (Å²) in [5.74, 6) is 0.808. The maximum absolute atomic E-state index is 12.3. The third-order valence-electron chi connectivity index (χ3n) is 4.58. The van der Waals surface area contributed by atoms with Crippen molar-refractivity contribution in [3.8, 4) is 0 Å². The number of carbonyl (C=O) groups excluding carboxylic acids is 1. The molecule has 1 aliphatic rings. The number of rotatable bonds is 4. The summed E-state index contributed by atoms with van der Waals surface area (Å²) in [6.07, 6.45) is 6.89. The van der Waals surface area contributed by atoms with Gasteiger partial charge in [0.1, 0.15) is 0 Å². The highest BCUT2D eigenvalue weighted by molar-refractivity contribution is 9.10. The Labute approximate surface area is 152 Å². The van der Waals surface area contributed by atoms with Gasteiger partial charge in [-0.2, -0.15) is 0 Å². The number of nitrogens with zero attached hydrogens (tertiary/aromatic N) is 1. The molecule has 0 spiro atoms. The van der Waals surface area contributed by atoms with Crippen molar-refractivity contribution in [2.75, 3.05) is 13.1 Å². The van der Waals surface area contributed by atoms with Crippen LogP contribution in [0.25, 0.3) is 6.08 Å². The van der Waals surface area contributed by atoms with Crippen molar-refractivity contribution < 1.29 is 4.79 Å². The molecule has 0 bridgehead atoms. The van der Waals surface area contributed by atoms with E-state index in [9.17, 15) is 4.79 Å². The first kappa shape index (κ1) is 17.0. The lowest BCUT2D eigenvalue weighted by molar-refractivity contribution is -0.127. The van der Waals surface area contributed by atoms with Crippen LogP contribution >= 0.6 is 15.9 Å². The van der Waals surface area contributed by atoms with Gasteiger partial charge in [0.15, 0.2) is 0 Å². The van der Waals surface area contributed by atoms with Crippen molar-refractivity contribution in [3.63, 3.8) is 0 Å². The van der Waals surface area contributed by atoms with E-state index in [0.29, 0.717) is 5.92 Å². The van der Waals surface area contributed by atoms with Crippen LogP contribution in [0.2, 0.25) is 0 Å². The van der Waals surface area contributed by atoms with Crippen molar-refractivity contribution in [2.24, 2.45) is 5.92 Å². The number of benzene rings is 2. The summed E-state index contributed by atoms with van der Waals surface area (Å²) in [6, 6.07) is 18.6. The first-order valence-corrected chi connectivity index (χ1v) is 9.26. The summed E-state index contributed by atoms with van der Waals surface area (Å²) in [5.41, 5.74) is 2.45. The Morgan fingerprint density at radius 2 is 1.71 bits per heavy atom. The number of likely N-dealkylation sites (tertiary alicyclic amines) is 1.